The zero-order valence-electron chi connectivity index (χ0n) is 10.8. The van der Waals surface area contributed by atoms with E-state index in [0.717, 1.165) is 23.4 Å². The van der Waals surface area contributed by atoms with E-state index in [-0.39, 0.29) is 6.04 Å². The highest BCUT2D eigenvalue weighted by molar-refractivity contribution is 5.39. The first-order valence-corrected chi connectivity index (χ1v) is 6.19. The number of nitrogens with two attached hydrogens (primary N) is 1. The Hall–Kier alpha value is -1.81. The minimum absolute atomic E-state index is 0.251. The summed E-state index contributed by atoms with van der Waals surface area (Å²) in [7, 11) is 1.88. The molecule has 1 heterocycles. The molecule has 1 unspecified atom stereocenters. The molecule has 96 valence electrons. The quantitative estimate of drug-likeness (QED) is 0.879. The van der Waals surface area contributed by atoms with Crippen LogP contribution in [0.5, 0.6) is 5.75 Å². The Morgan fingerprint density at radius 1 is 1.33 bits per heavy atom. The number of benzene rings is 1. The first kappa shape index (κ1) is 12.6. The molecule has 0 aliphatic rings. The van der Waals surface area contributed by atoms with Gasteiger partial charge in [-0.05, 0) is 18.6 Å². The SMILES string of the molecule is CCCOc1ccccc1C(N)c1ccn(C)n1. The Bertz CT molecular complexity index is 507. The molecule has 2 rings (SSSR count). The first-order valence-electron chi connectivity index (χ1n) is 6.19. The summed E-state index contributed by atoms with van der Waals surface area (Å²) in [5, 5.41) is 4.34. The number of aromatic nitrogens is 2. The van der Waals surface area contributed by atoms with Gasteiger partial charge in [0.15, 0.2) is 0 Å². The van der Waals surface area contributed by atoms with Crippen molar-refractivity contribution in [1.29, 1.82) is 0 Å². The third kappa shape index (κ3) is 2.71. The highest BCUT2D eigenvalue weighted by Gasteiger charge is 2.15. The van der Waals surface area contributed by atoms with Crippen molar-refractivity contribution in [2.24, 2.45) is 12.8 Å². The molecule has 0 aliphatic carbocycles. The molecule has 4 nitrogen and oxygen atoms in total. The second-order valence-electron chi connectivity index (χ2n) is 4.28. The summed E-state index contributed by atoms with van der Waals surface area (Å²) in [6, 6.07) is 9.55. The highest BCUT2D eigenvalue weighted by atomic mass is 16.5. The Morgan fingerprint density at radius 2 is 2.11 bits per heavy atom. The van der Waals surface area contributed by atoms with Gasteiger partial charge in [-0.1, -0.05) is 25.1 Å². The second kappa shape index (κ2) is 5.69. The third-order valence-electron chi connectivity index (χ3n) is 2.77. The van der Waals surface area contributed by atoms with E-state index < -0.39 is 0 Å². The van der Waals surface area contributed by atoms with E-state index in [4.69, 9.17) is 10.5 Å². The van der Waals surface area contributed by atoms with Gasteiger partial charge >= 0.3 is 0 Å². The van der Waals surface area contributed by atoms with Crippen molar-refractivity contribution >= 4 is 0 Å². The van der Waals surface area contributed by atoms with Crippen molar-refractivity contribution in [3.05, 3.63) is 47.8 Å². The molecule has 1 aromatic carbocycles. The van der Waals surface area contributed by atoms with E-state index in [1.54, 1.807) is 4.68 Å². The minimum Gasteiger partial charge on any atom is -0.493 e. The predicted octanol–water partition coefficient (Wildman–Crippen LogP) is 2.26. The van der Waals surface area contributed by atoms with Gasteiger partial charge in [-0.25, -0.2) is 0 Å². The van der Waals surface area contributed by atoms with Crippen LogP contribution < -0.4 is 10.5 Å². The molecule has 0 saturated heterocycles. The fraction of sp³-hybridized carbons (Fsp3) is 0.357. The Labute approximate surface area is 107 Å². The number of aryl methyl sites for hydroxylation is 1. The first-order chi connectivity index (χ1) is 8.72. The summed E-state index contributed by atoms with van der Waals surface area (Å²) >= 11 is 0. The number of para-hydroxylation sites is 1. The van der Waals surface area contributed by atoms with Gasteiger partial charge in [0.1, 0.15) is 5.75 Å². The third-order valence-corrected chi connectivity index (χ3v) is 2.77. The zero-order chi connectivity index (χ0) is 13.0. The lowest BCUT2D eigenvalue weighted by molar-refractivity contribution is 0.313. The van der Waals surface area contributed by atoms with E-state index in [0.29, 0.717) is 6.61 Å². The van der Waals surface area contributed by atoms with Crippen molar-refractivity contribution < 1.29 is 4.74 Å². The van der Waals surface area contributed by atoms with E-state index >= 15 is 0 Å². The van der Waals surface area contributed by atoms with Crippen LogP contribution in [0.25, 0.3) is 0 Å². The van der Waals surface area contributed by atoms with Crippen LogP contribution in [0.1, 0.15) is 30.6 Å². The van der Waals surface area contributed by atoms with Gasteiger partial charge < -0.3 is 10.5 Å². The maximum Gasteiger partial charge on any atom is 0.124 e. The largest absolute Gasteiger partial charge is 0.493 e. The van der Waals surface area contributed by atoms with Crippen LogP contribution in [-0.2, 0) is 7.05 Å². The fourth-order valence-corrected chi connectivity index (χ4v) is 1.84. The summed E-state index contributed by atoms with van der Waals surface area (Å²) in [6.45, 7) is 2.78. The lowest BCUT2D eigenvalue weighted by Crippen LogP contribution is -2.14. The van der Waals surface area contributed by atoms with Crippen molar-refractivity contribution in [2.75, 3.05) is 6.61 Å². The smallest absolute Gasteiger partial charge is 0.124 e. The molecule has 1 atom stereocenters. The van der Waals surface area contributed by atoms with Crippen LogP contribution in [0.4, 0.5) is 0 Å². The minimum atomic E-state index is -0.251. The molecule has 4 heteroatoms. The molecule has 2 N–H and O–H groups in total. The van der Waals surface area contributed by atoms with Crippen LogP contribution in [0.2, 0.25) is 0 Å². The number of ether oxygens (including phenoxy) is 1. The van der Waals surface area contributed by atoms with Gasteiger partial charge in [0.2, 0.25) is 0 Å². The molecule has 0 aliphatic heterocycles. The van der Waals surface area contributed by atoms with E-state index in [2.05, 4.69) is 12.0 Å². The number of hydrogen-bond acceptors (Lipinski definition) is 3. The zero-order valence-corrected chi connectivity index (χ0v) is 10.8. The Balaban J connectivity index is 2.26. The van der Waals surface area contributed by atoms with Gasteiger partial charge in [0.05, 0.1) is 18.3 Å². The van der Waals surface area contributed by atoms with Crippen LogP contribution in [0, 0.1) is 0 Å². The lowest BCUT2D eigenvalue weighted by Gasteiger charge is -2.15. The van der Waals surface area contributed by atoms with Crippen molar-refractivity contribution in [2.45, 2.75) is 19.4 Å². The highest BCUT2D eigenvalue weighted by Crippen LogP contribution is 2.27. The topological polar surface area (TPSA) is 53.1 Å². The summed E-state index contributed by atoms with van der Waals surface area (Å²) < 4.78 is 7.48. The predicted molar refractivity (Wildman–Crippen MR) is 71.5 cm³/mol. The van der Waals surface area contributed by atoms with Crippen LogP contribution in [-0.4, -0.2) is 16.4 Å². The number of hydrogen-bond donors (Lipinski definition) is 1. The summed E-state index contributed by atoms with van der Waals surface area (Å²) in [5.74, 6) is 0.845. The molecule has 0 radical (unpaired) electrons. The van der Waals surface area contributed by atoms with Crippen molar-refractivity contribution in [3.8, 4) is 5.75 Å². The normalized spacial score (nSPS) is 12.4. The summed E-state index contributed by atoms with van der Waals surface area (Å²) in [4.78, 5) is 0. The number of nitrogens with zero attached hydrogens (tertiary/aromatic N) is 2. The Morgan fingerprint density at radius 3 is 2.78 bits per heavy atom. The molecule has 2 aromatic rings. The molecular weight excluding hydrogens is 226 g/mol. The molecule has 0 bridgehead atoms. The average molecular weight is 245 g/mol. The fourth-order valence-electron chi connectivity index (χ4n) is 1.84. The molecule has 0 fully saturated rings. The van der Waals surface area contributed by atoms with Gasteiger partial charge in [-0.15, -0.1) is 0 Å². The van der Waals surface area contributed by atoms with Gasteiger partial charge in [-0.3, -0.25) is 4.68 Å². The molecule has 0 saturated carbocycles. The molecule has 0 amide bonds. The van der Waals surface area contributed by atoms with Gasteiger partial charge in [0.25, 0.3) is 0 Å². The average Bonchev–Trinajstić information content (AvgIpc) is 2.82. The standard InChI is InChI=1S/C14H19N3O/c1-3-10-18-13-7-5-4-6-11(13)14(15)12-8-9-17(2)16-12/h4-9,14H,3,10,15H2,1-2H3. The molecular formula is C14H19N3O. The molecule has 18 heavy (non-hydrogen) atoms. The Kier molecular flexibility index (Phi) is 3.99. The summed E-state index contributed by atoms with van der Waals surface area (Å²) in [6.07, 6.45) is 2.87. The molecule has 1 aromatic heterocycles. The van der Waals surface area contributed by atoms with Crippen molar-refractivity contribution in [3.63, 3.8) is 0 Å². The monoisotopic (exact) mass is 245 g/mol. The van der Waals surface area contributed by atoms with Crippen LogP contribution in [0.3, 0.4) is 0 Å². The lowest BCUT2D eigenvalue weighted by atomic mass is 10.0. The van der Waals surface area contributed by atoms with E-state index in [1.807, 2.05) is 43.6 Å². The summed E-state index contributed by atoms with van der Waals surface area (Å²) in [5.41, 5.74) is 8.07. The van der Waals surface area contributed by atoms with Crippen molar-refractivity contribution in [1.82, 2.24) is 9.78 Å². The van der Waals surface area contributed by atoms with Crippen LogP contribution >= 0.6 is 0 Å². The number of rotatable bonds is 5. The maximum atomic E-state index is 6.25. The maximum absolute atomic E-state index is 6.25. The van der Waals surface area contributed by atoms with E-state index in [9.17, 15) is 0 Å². The van der Waals surface area contributed by atoms with E-state index in [1.165, 1.54) is 0 Å². The van der Waals surface area contributed by atoms with Gasteiger partial charge in [0, 0.05) is 18.8 Å². The second-order valence-corrected chi connectivity index (χ2v) is 4.28. The molecule has 0 spiro atoms. The van der Waals surface area contributed by atoms with Gasteiger partial charge in [-0.2, -0.15) is 5.10 Å². The van der Waals surface area contributed by atoms with Crippen LogP contribution in [0.15, 0.2) is 36.5 Å².